The van der Waals surface area contributed by atoms with Gasteiger partial charge in [-0.1, -0.05) is 29.8 Å². The van der Waals surface area contributed by atoms with Crippen molar-refractivity contribution in [2.75, 3.05) is 5.73 Å². The molecule has 0 unspecified atom stereocenters. The molecular weight excluding hydrogens is 301 g/mol. The van der Waals surface area contributed by atoms with Gasteiger partial charge in [0.1, 0.15) is 5.82 Å². The lowest BCUT2D eigenvalue weighted by Gasteiger charge is -2.09. The average Bonchev–Trinajstić information content (AvgIpc) is 2.37. The summed E-state index contributed by atoms with van der Waals surface area (Å²) >= 11 is 5.65. The third kappa shape index (κ3) is 2.94. The summed E-state index contributed by atoms with van der Waals surface area (Å²) in [6.45, 7) is 1.76. The Kier molecular flexibility index (Phi) is 4.01. The number of anilines is 1. The van der Waals surface area contributed by atoms with Gasteiger partial charge in [-0.25, -0.2) is 12.8 Å². The SMILES string of the molecule is Cc1ccc(N)c(S(=O)(=O)Cc2cccc(Cl)c2F)c1. The Labute approximate surface area is 122 Å². The fourth-order valence-corrected chi connectivity index (χ4v) is 3.63. The summed E-state index contributed by atoms with van der Waals surface area (Å²) in [7, 11) is -3.73. The van der Waals surface area contributed by atoms with Crippen LogP contribution in [-0.4, -0.2) is 8.42 Å². The van der Waals surface area contributed by atoms with E-state index >= 15 is 0 Å². The molecule has 2 aromatic carbocycles. The number of halogens is 2. The minimum absolute atomic E-state index is 0.0110. The van der Waals surface area contributed by atoms with Crippen molar-refractivity contribution in [2.24, 2.45) is 0 Å². The Balaban J connectivity index is 2.46. The van der Waals surface area contributed by atoms with Crippen molar-refractivity contribution < 1.29 is 12.8 Å². The standard InChI is InChI=1S/C14H13ClFNO2S/c1-9-5-6-12(17)13(7-9)20(18,19)8-10-3-2-4-11(15)14(10)16/h2-7H,8,17H2,1H3. The molecule has 106 valence electrons. The van der Waals surface area contributed by atoms with E-state index in [4.69, 9.17) is 17.3 Å². The molecule has 0 fully saturated rings. The summed E-state index contributed by atoms with van der Waals surface area (Å²) in [5.74, 6) is -1.20. The smallest absolute Gasteiger partial charge is 0.184 e. The van der Waals surface area contributed by atoms with E-state index < -0.39 is 21.4 Å². The second-order valence-corrected chi connectivity index (χ2v) is 6.88. The van der Waals surface area contributed by atoms with Gasteiger partial charge in [-0.2, -0.15) is 0 Å². The van der Waals surface area contributed by atoms with E-state index in [9.17, 15) is 12.8 Å². The van der Waals surface area contributed by atoms with E-state index in [1.165, 1.54) is 30.3 Å². The quantitative estimate of drug-likeness (QED) is 0.884. The predicted molar refractivity (Wildman–Crippen MR) is 77.9 cm³/mol. The van der Waals surface area contributed by atoms with Crippen LogP contribution in [0.5, 0.6) is 0 Å². The van der Waals surface area contributed by atoms with Crippen LogP contribution in [0.2, 0.25) is 5.02 Å². The molecule has 0 aromatic heterocycles. The van der Waals surface area contributed by atoms with Crippen molar-refractivity contribution in [3.05, 3.63) is 58.4 Å². The number of benzene rings is 2. The Morgan fingerprint density at radius 3 is 2.65 bits per heavy atom. The highest BCUT2D eigenvalue weighted by molar-refractivity contribution is 7.90. The molecule has 0 radical (unpaired) electrons. The number of sulfone groups is 1. The number of hydrogen-bond donors (Lipinski definition) is 1. The van der Waals surface area contributed by atoms with Gasteiger partial charge in [-0.05, 0) is 30.7 Å². The van der Waals surface area contributed by atoms with E-state index in [-0.39, 0.29) is 21.2 Å². The van der Waals surface area contributed by atoms with Crippen molar-refractivity contribution in [1.82, 2.24) is 0 Å². The molecule has 0 bridgehead atoms. The monoisotopic (exact) mass is 313 g/mol. The second-order valence-electron chi connectivity index (χ2n) is 4.51. The van der Waals surface area contributed by atoms with Crippen LogP contribution < -0.4 is 5.73 Å². The molecule has 0 saturated carbocycles. The fourth-order valence-electron chi connectivity index (χ4n) is 1.85. The maximum atomic E-state index is 13.8. The predicted octanol–water partition coefficient (Wildman–Crippen LogP) is 3.34. The van der Waals surface area contributed by atoms with Gasteiger partial charge in [0.05, 0.1) is 21.4 Å². The summed E-state index contributed by atoms with van der Waals surface area (Å²) in [6.07, 6.45) is 0. The van der Waals surface area contributed by atoms with E-state index in [2.05, 4.69) is 0 Å². The number of hydrogen-bond acceptors (Lipinski definition) is 3. The highest BCUT2D eigenvalue weighted by Gasteiger charge is 2.21. The van der Waals surface area contributed by atoms with Crippen LogP contribution in [0.25, 0.3) is 0 Å². The van der Waals surface area contributed by atoms with Crippen LogP contribution in [0.1, 0.15) is 11.1 Å². The zero-order valence-electron chi connectivity index (χ0n) is 10.7. The molecule has 0 aliphatic carbocycles. The van der Waals surface area contributed by atoms with Crippen LogP contribution in [-0.2, 0) is 15.6 Å². The molecule has 3 nitrogen and oxygen atoms in total. The van der Waals surface area contributed by atoms with Crippen molar-refractivity contribution in [3.8, 4) is 0 Å². The molecule has 0 aliphatic rings. The average molecular weight is 314 g/mol. The van der Waals surface area contributed by atoms with Crippen LogP contribution in [0.15, 0.2) is 41.3 Å². The lowest BCUT2D eigenvalue weighted by molar-refractivity contribution is 0.587. The summed E-state index contributed by atoms with van der Waals surface area (Å²) in [6, 6.07) is 8.99. The Morgan fingerprint density at radius 2 is 1.95 bits per heavy atom. The van der Waals surface area contributed by atoms with Gasteiger partial charge >= 0.3 is 0 Å². The zero-order valence-corrected chi connectivity index (χ0v) is 12.3. The van der Waals surface area contributed by atoms with Crippen molar-refractivity contribution in [3.63, 3.8) is 0 Å². The third-order valence-corrected chi connectivity index (χ3v) is 4.89. The van der Waals surface area contributed by atoms with Gasteiger partial charge in [0.15, 0.2) is 9.84 Å². The van der Waals surface area contributed by atoms with Crippen LogP contribution in [0.4, 0.5) is 10.1 Å². The maximum absolute atomic E-state index is 13.8. The highest BCUT2D eigenvalue weighted by atomic mass is 35.5. The lowest BCUT2D eigenvalue weighted by Crippen LogP contribution is -2.09. The van der Waals surface area contributed by atoms with E-state index in [0.717, 1.165) is 5.56 Å². The Bertz CT molecular complexity index is 760. The molecule has 6 heteroatoms. The van der Waals surface area contributed by atoms with Crippen LogP contribution >= 0.6 is 11.6 Å². The van der Waals surface area contributed by atoms with Crippen molar-refractivity contribution >= 4 is 27.1 Å². The molecule has 2 N–H and O–H groups in total. The molecule has 0 atom stereocenters. The first kappa shape index (κ1) is 14.8. The minimum Gasteiger partial charge on any atom is -0.398 e. The molecule has 2 rings (SSSR count). The third-order valence-electron chi connectivity index (χ3n) is 2.88. The van der Waals surface area contributed by atoms with Gasteiger partial charge in [-0.3, -0.25) is 0 Å². The normalized spacial score (nSPS) is 11.6. The molecule has 0 amide bonds. The zero-order chi connectivity index (χ0) is 14.9. The molecule has 2 aromatic rings. The minimum atomic E-state index is -3.73. The topological polar surface area (TPSA) is 60.2 Å². The van der Waals surface area contributed by atoms with E-state index in [0.29, 0.717) is 0 Å². The van der Waals surface area contributed by atoms with Crippen LogP contribution in [0, 0.1) is 12.7 Å². The summed E-state index contributed by atoms with van der Waals surface area (Å²) in [5.41, 5.74) is 6.64. The Morgan fingerprint density at radius 1 is 1.25 bits per heavy atom. The molecule has 0 aliphatic heterocycles. The molecule has 20 heavy (non-hydrogen) atoms. The largest absolute Gasteiger partial charge is 0.398 e. The lowest BCUT2D eigenvalue weighted by atomic mass is 10.2. The summed E-state index contributed by atoms with van der Waals surface area (Å²) in [4.78, 5) is 0.0110. The van der Waals surface area contributed by atoms with Gasteiger partial charge in [0, 0.05) is 5.56 Å². The first-order valence-corrected chi connectivity index (χ1v) is 7.86. The summed E-state index contributed by atoms with van der Waals surface area (Å²) < 4.78 is 38.5. The number of nitrogens with two attached hydrogens (primary N) is 1. The van der Waals surface area contributed by atoms with E-state index in [1.807, 2.05) is 0 Å². The number of aryl methyl sites for hydroxylation is 1. The van der Waals surface area contributed by atoms with Crippen LogP contribution in [0.3, 0.4) is 0 Å². The Hall–Kier alpha value is -1.59. The first-order valence-electron chi connectivity index (χ1n) is 5.83. The molecule has 0 saturated heterocycles. The van der Waals surface area contributed by atoms with Crippen molar-refractivity contribution in [2.45, 2.75) is 17.6 Å². The maximum Gasteiger partial charge on any atom is 0.184 e. The number of rotatable bonds is 3. The van der Waals surface area contributed by atoms with Gasteiger partial charge in [0.25, 0.3) is 0 Å². The van der Waals surface area contributed by atoms with Gasteiger partial charge in [-0.15, -0.1) is 0 Å². The second kappa shape index (κ2) is 5.42. The van der Waals surface area contributed by atoms with E-state index in [1.54, 1.807) is 13.0 Å². The first-order chi connectivity index (χ1) is 9.31. The highest BCUT2D eigenvalue weighted by Crippen LogP contribution is 2.26. The molecule has 0 spiro atoms. The molecule has 0 heterocycles. The fraction of sp³-hybridized carbons (Fsp3) is 0.143. The summed E-state index contributed by atoms with van der Waals surface area (Å²) in [5, 5.41) is -0.102. The van der Waals surface area contributed by atoms with Crippen molar-refractivity contribution in [1.29, 1.82) is 0 Å². The molecular formula is C14H13ClFNO2S. The van der Waals surface area contributed by atoms with Gasteiger partial charge < -0.3 is 5.73 Å². The van der Waals surface area contributed by atoms with Gasteiger partial charge in [0.2, 0.25) is 0 Å². The number of nitrogen functional groups attached to an aromatic ring is 1.